The zero-order valence-electron chi connectivity index (χ0n) is 22.6. The quantitative estimate of drug-likeness (QED) is 0.316. The van der Waals surface area contributed by atoms with Gasteiger partial charge in [0.05, 0.1) is 10.6 Å². The highest BCUT2D eigenvalue weighted by molar-refractivity contribution is 9.10. The highest BCUT2D eigenvalue weighted by Crippen LogP contribution is 2.26. The number of hydrogen-bond acceptors (Lipinski definition) is 4. The molecule has 208 valence electrons. The number of carbonyl (C=O) groups is 2. The number of carbonyl (C=O) groups excluding carboxylic acids is 2. The number of amides is 2. The van der Waals surface area contributed by atoms with E-state index in [4.69, 9.17) is 11.6 Å². The van der Waals surface area contributed by atoms with Gasteiger partial charge in [-0.25, -0.2) is 8.42 Å². The predicted octanol–water partition coefficient (Wildman–Crippen LogP) is 5.94. The second kappa shape index (κ2) is 12.5. The average molecular weight is 635 g/mol. The summed E-state index contributed by atoms with van der Waals surface area (Å²) in [5, 5.41) is 3.31. The maximum atomic E-state index is 13.9. The Morgan fingerprint density at radius 3 is 2.18 bits per heavy atom. The molecule has 0 aliphatic rings. The monoisotopic (exact) mass is 633 g/mol. The molecule has 0 radical (unpaired) electrons. The Hall–Kier alpha value is -2.88. The smallest absolute Gasteiger partial charge is 0.264 e. The van der Waals surface area contributed by atoms with Gasteiger partial charge in [0.25, 0.3) is 10.0 Å². The lowest BCUT2D eigenvalue weighted by Gasteiger charge is -2.33. The van der Waals surface area contributed by atoms with Crippen LogP contribution in [0.1, 0.15) is 38.8 Å². The zero-order valence-corrected chi connectivity index (χ0v) is 25.8. The Balaban J connectivity index is 2.03. The van der Waals surface area contributed by atoms with Gasteiger partial charge in [0.15, 0.2) is 0 Å². The van der Waals surface area contributed by atoms with Crippen molar-refractivity contribution in [3.8, 4) is 0 Å². The fourth-order valence-corrected chi connectivity index (χ4v) is 5.69. The van der Waals surface area contributed by atoms with Crippen LogP contribution in [0.5, 0.6) is 0 Å². The normalized spacial score (nSPS) is 12.5. The van der Waals surface area contributed by atoms with Gasteiger partial charge < -0.3 is 10.2 Å². The van der Waals surface area contributed by atoms with Crippen molar-refractivity contribution >= 4 is 55.1 Å². The number of halogens is 2. The lowest BCUT2D eigenvalue weighted by atomic mass is 10.1. The molecule has 3 aromatic rings. The van der Waals surface area contributed by atoms with Crippen molar-refractivity contribution in [3.63, 3.8) is 0 Å². The summed E-state index contributed by atoms with van der Waals surface area (Å²) in [4.78, 5) is 28.5. The summed E-state index contributed by atoms with van der Waals surface area (Å²) in [6, 6.07) is 19.2. The van der Waals surface area contributed by atoms with Gasteiger partial charge in [0.2, 0.25) is 11.8 Å². The van der Waals surface area contributed by atoms with Crippen molar-refractivity contribution in [3.05, 3.63) is 93.4 Å². The summed E-state index contributed by atoms with van der Waals surface area (Å²) < 4.78 is 29.6. The van der Waals surface area contributed by atoms with Crippen molar-refractivity contribution in [2.45, 2.75) is 57.6 Å². The van der Waals surface area contributed by atoms with Gasteiger partial charge in [-0.3, -0.25) is 13.9 Å². The van der Waals surface area contributed by atoms with Crippen LogP contribution in [-0.2, 0) is 26.2 Å². The highest BCUT2D eigenvalue weighted by Gasteiger charge is 2.33. The summed E-state index contributed by atoms with van der Waals surface area (Å²) in [6.07, 6.45) is 0. The van der Waals surface area contributed by atoms with E-state index in [1.54, 1.807) is 25.1 Å². The van der Waals surface area contributed by atoms with Crippen molar-refractivity contribution < 1.29 is 18.0 Å². The third-order valence-electron chi connectivity index (χ3n) is 5.90. The fraction of sp³-hybridized carbons (Fsp3) is 0.310. The number of nitrogens with zero attached hydrogens (tertiary/aromatic N) is 2. The van der Waals surface area contributed by atoms with Gasteiger partial charge in [-0.05, 0) is 94.3 Å². The largest absolute Gasteiger partial charge is 0.350 e. The van der Waals surface area contributed by atoms with Crippen LogP contribution < -0.4 is 9.62 Å². The van der Waals surface area contributed by atoms with E-state index in [0.717, 1.165) is 19.9 Å². The van der Waals surface area contributed by atoms with Crippen LogP contribution in [-0.4, -0.2) is 43.3 Å². The summed E-state index contributed by atoms with van der Waals surface area (Å²) in [6.45, 7) is 8.68. The molecule has 0 aromatic heterocycles. The van der Waals surface area contributed by atoms with Crippen LogP contribution in [0.15, 0.2) is 82.2 Å². The second-order valence-corrected chi connectivity index (χ2v) is 13.6. The van der Waals surface area contributed by atoms with E-state index in [1.165, 1.54) is 29.2 Å². The molecule has 3 rings (SSSR count). The Bertz CT molecular complexity index is 1420. The summed E-state index contributed by atoms with van der Waals surface area (Å²) in [5.41, 5.74) is 1.46. The maximum Gasteiger partial charge on any atom is 0.264 e. The molecule has 0 aliphatic carbocycles. The minimum Gasteiger partial charge on any atom is -0.350 e. The summed E-state index contributed by atoms with van der Waals surface area (Å²) >= 11 is 9.40. The molecule has 3 aromatic carbocycles. The number of hydrogen-bond donors (Lipinski definition) is 1. The third kappa shape index (κ3) is 8.30. The maximum absolute atomic E-state index is 13.9. The molecule has 0 heterocycles. The van der Waals surface area contributed by atoms with Crippen LogP contribution in [0.2, 0.25) is 5.02 Å². The number of rotatable bonds is 9. The molecule has 39 heavy (non-hydrogen) atoms. The number of nitrogens with one attached hydrogen (secondary N) is 1. The topological polar surface area (TPSA) is 86.8 Å². The fourth-order valence-electron chi connectivity index (χ4n) is 3.89. The minimum absolute atomic E-state index is 0.000750. The number of sulfonamides is 1. The molecule has 0 saturated heterocycles. The summed E-state index contributed by atoms with van der Waals surface area (Å²) in [7, 11) is -4.15. The molecule has 7 nitrogen and oxygen atoms in total. The molecule has 1 unspecified atom stereocenters. The van der Waals surface area contributed by atoms with E-state index in [9.17, 15) is 18.0 Å². The van der Waals surface area contributed by atoms with Gasteiger partial charge in [-0.2, -0.15) is 0 Å². The standard InChI is InChI=1S/C29H33BrClN3O4S/c1-20-7-6-8-25(17-20)34(39(37,38)26-15-13-24(31)14-16-26)19-27(35)33(18-22-9-11-23(30)12-10-22)21(2)28(36)32-29(3,4)5/h6-17,21H,18-19H2,1-5H3,(H,32,36). The van der Waals surface area contributed by atoms with Crippen LogP contribution in [0.4, 0.5) is 5.69 Å². The molecule has 2 amide bonds. The van der Waals surface area contributed by atoms with Crippen molar-refractivity contribution in [1.29, 1.82) is 0 Å². The van der Waals surface area contributed by atoms with E-state index in [0.29, 0.717) is 10.7 Å². The first-order valence-corrected chi connectivity index (χ1v) is 15.0. The van der Waals surface area contributed by atoms with E-state index in [1.807, 2.05) is 58.0 Å². The van der Waals surface area contributed by atoms with Crippen LogP contribution in [0.25, 0.3) is 0 Å². The number of anilines is 1. The lowest BCUT2D eigenvalue weighted by molar-refractivity contribution is -0.140. The summed E-state index contributed by atoms with van der Waals surface area (Å²) in [5.74, 6) is -0.857. The zero-order chi connectivity index (χ0) is 29.0. The first kappa shape index (κ1) is 30.7. The Morgan fingerprint density at radius 1 is 1.00 bits per heavy atom. The molecule has 0 fully saturated rings. The molecule has 0 bridgehead atoms. The number of aryl methyl sites for hydroxylation is 1. The molecule has 0 saturated carbocycles. The molecule has 1 atom stereocenters. The SMILES string of the molecule is Cc1cccc(N(CC(=O)N(Cc2ccc(Br)cc2)C(C)C(=O)NC(C)(C)C)S(=O)(=O)c2ccc(Cl)cc2)c1. The van der Waals surface area contributed by atoms with Crippen molar-refractivity contribution in [2.24, 2.45) is 0 Å². The van der Waals surface area contributed by atoms with E-state index < -0.39 is 34.1 Å². The number of benzene rings is 3. The predicted molar refractivity (Wildman–Crippen MR) is 159 cm³/mol. The van der Waals surface area contributed by atoms with Gasteiger partial charge in [-0.1, -0.05) is 51.8 Å². The van der Waals surface area contributed by atoms with Crippen molar-refractivity contribution in [1.82, 2.24) is 10.2 Å². The van der Waals surface area contributed by atoms with E-state index in [2.05, 4.69) is 21.2 Å². The first-order chi connectivity index (χ1) is 18.2. The molecule has 1 N–H and O–H groups in total. The van der Waals surface area contributed by atoms with Gasteiger partial charge >= 0.3 is 0 Å². The Kier molecular flexibility index (Phi) is 9.85. The highest BCUT2D eigenvalue weighted by atomic mass is 79.9. The van der Waals surface area contributed by atoms with Crippen LogP contribution in [0.3, 0.4) is 0 Å². The van der Waals surface area contributed by atoms with Crippen LogP contribution >= 0.6 is 27.5 Å². The first-order valence-electron chi connectivity index (χ1n) is 12.4. The molecule has 0 aliphatic heterocycles. The van der Waals surface area contributed by atoms with Gasteiger partial charge in [-0.15, -0.1) is 0 Å². The van der Waals surface area contributed by atoms with Gasteiger partial charge in [0, 0.05) is 21.6 Å². The lowest BCUT2D eigenvalue weighted by Crippen LogP contribution is -2.54. The van der Waals surface area contributed by atoms with Crippen molar-refractivity contribution in [2.75, 3.05) is 10.8 Å². The van der Waals surface area contributed by atoms with Gasteiger partial charge in [0.1, 0.15) is 12.6 Å². The Labute approximate surface area is 244 Å². The van der Waals surface area contributed by atoms with E-state index in [-0.39, 0.29) is 17.3 Å². The van der Waals surface area contributed by atoms with E-state index >= 15 is 0 Å². The Morgan fingerprint density at radius 2 is 1.62 bits per heavy atom. The second-order valence-electron chi connectivity index (χ2n) is 10.4. The molecule has 0 spiro atoms. The van der Waals surface area contributed by atoms with Crippen LogP contribution in [0, 0.1) is 6.92 Å². The average Bonchev–Trinajstić information content (AvgIpc) is 2.85. The molecular weight excluding hydrogens is 602 g/mol. The molecular formula is C29H33BrClN3O4S. The third-order valence-corrected chi connectivity index (χ3v) is 8.47. The molecule has 10 heteroatoms. The minimum atomic E-state index is -4.15.